The molecule has 0 aliphatic rings. The van der Waals surface area contributed by atoms with Crippen LogP contribution in [0.25, 0.3) is 0 Å². The topological polar surface area (TPSA) is 80.2 Å². The van der Waals surface area contributed by atoms with Gasteiger partial charge in [0.25, 0.3) is 5.91 Å². The zero-order valence-corrected chi connectivity index (χ0v) is 9.85. The van der Waals surface area contributed by atoms with E-state index in [4.69, 9.17) is 14.7 Å². The third-order valence-corrected chi connectivity index (χ3v) is 2.14. The number of carbonyl (C=O) groups excluding carboxylic acids is 1. The second-order valence-electron chi connectivity index (χ2n) is 3.21. The van der Waals surface area contributed by atoms with Gasteiger partial charge in [-0.1, -0.05) is 5.16 Å². The van der Waals surface area contributed by atoms with Crippen molar-refractivity contribution >= 4 is 17.3 Å². The molecule has 1 aromatic carbocycles. The molecular formula is C11H14N2O4. The van der Waals surface area contributed by atoms with Gasteiger partial charge in [0.15, 0.2) is 0 Å². The van der Waals surface area contributed by atoms with Crippen molar-refractivity contribution in [3.63, 3.8) is 0 Å². The minimum Gasteiger partial charge on any atom is -0.497 e. The molecule has 6 heteroatoms. The number of hydrogen-bond donors (Lipinski definition) is 2. The first-order valence-electron chi connectivity index (χ1n) is 4.84. The third kappa shape index (κ3) is 3.10. The van der Waals surface area contributed by atoms with Crippen LogP contribution >= 0.6 is 0 Å². The maximum Gasteiger partial charge on any atom is 0.273 e. The van der Waals surface area contributed by atoms with Crippen molar-refractivity contribution in [2.75, 3.05) is 19.5 Å². The van der Waals surface area contributed by atoms with Crippen LogP contribution < -0.4 is 14.8 Å². The number of rotatable bonds is 4. The third-order valence-electron chi connectivity index (χ3n) is 2.14. The SMILES string of the molecule is COc1ccc(NC(=O)C(C)=NO)c(OC)c1. The molecule has 0 fully saturated rings. The number of hydrogen-bond acceptors (Lipinski definition) is 5. The van der Waals surface area contributed by atoms with Gasteiger partial charge in [0.05, 0.1) is 19.9 Å². The Morgan fingerprint density at radius 1 is 1.35 bits per heavy atom. The lowest BCUT2D eigenvalue weighted by atomic mass is 10.2. The minimum atomic E-state index is -0.504. The summed E-state index contributed by atoms with van der Waals surface area (Å²) < 4.78 is 10.1. The van der Waals surface area contributed by atoms with E-state index in [1.807, 2.05) is 0 Å². The van der Waals surface area contributed by atoms with Crippen LogP contribution in [0, 0.1) is 0 Å². The summed E-state index contributed by atoms with van der Waals surface area (Å²) >= 11 is 0. The van der Waals surface area contributed by atoms with Crippen LogP contribution in [0.1, 0.15) is 6.92 Å². The number of methoxy groups -OCH3 is 2. The Morgan fingerprint density at radius 3 is 2.59 bits per heavy atom. The second-order valence-corrected chi connectivity index (χ2v) is 3.21. The first-order chi connectivity index (χ1) is 8.12. The van der Waals surface area contributed by atoms with Gasteiger partial charge in [0.2, 0.25) is 0 Å². The summed E-state index contributed by atoms with van der Waals surface area (Å²) in [4.78, 5) is 11.5. The summed E-state index contributed by atoms with van der Waals surface area (Å²) in [5, 5.41) is 13.8. The molecule has 0 heterocycles. The van der Waals surface area contributed by atoms with E-state index in [2.05, 4.69) is 10.5 Å². The lowest BCUT2D eigenvalue weighted by Gasteiger charge is -2.10. The van der Waals surface area contributed by atoms with Crippen molar-refractivity contribution in [2.45, 2.75) is 6.92 Å². The Kier molecular flexibility index (Phi) is 4.33. The molecule has 0 aromatic heterocycles. The van der Waals surface area contributed by atoms with Crippen molar-refractivity contribution < 1.29 is 19.5 Å². The molecule has 0 aliphatic heterocycles. The molecule has 0 saturated heterocycles. The number of benzene rings is 1. The zero-order chi connectivity index (χ0) is 12.8. The van der Waals surface area contributed by atoms with Crippen LogP contribution in [0.2, 0.25) is 0 Å². The fourth-order valence-corrected chi connectivity index (χ4v) is 1.16. The number of oxime groups is 1. The van der Waals surface area contributed by atoms with Crippen LogP contribution in [0.4, 0.5) is 5.69 Å². The quantitative estimate of drug-likeness (QED) is 0.473. The predicted octanol–water partition coefficient (Wildman–Crippen LogP) is 1.49. The van der Waals surface area contributed by atoms with Gasteiger partial charge in [-0.2, -0.15) is 0 Å². The molecule has 1 amide bonds. The van der Waals surface area contributed by atoms with Crippen molar-refractivity contribution in [1.29, 1.82) is 0 Å². The maximum atomic E-state index is 11.5. The fraction of sp³-hybridized carbons (Fsp3) is 0.273. The molecule has 0 spiro atoms. The molecule has 0 aliphatic carbocycles. The number of ether oxygens (including phenoxy) is 2. The highest BCUT2D eigenvalue weighted by Gasteiger charge is 2.11. The molecule has 1 rings (SSSR count). The van der Waals surface area contributed by atoms with Crippen molar-refractivity contribution in [3.8, 4) is 11.5 Å². The minimum absolute atomic E-state index is 0.0390. The van der Waals surface area contributed by atoms with E-state index in [-0.39, 0.29) is 5.71 Å². The van der Waals surface area contributed by atoms with E-state index in [9.17, 15) is 4.79 Å². The first-order valence-corrected chi connectivity index (χ1v) is 4.84. The molecule has 0 bridgehead atoms. The summed E-state index contributed by atoms with van der Waals surface area (Å²) in [6.45, 7) is 1.39. The van der Waals surface area contributed by atoms with Crippen LogP contribution in [-0.2, 0) is 4.79 Å². The summed E-state index contributed by atoms with van der Waals surface area (Å²) in [7, 11) is 3.02. The molecule has 0 radical (unpaired) electrons. The van der Waals surface area contributed by atoms with Gasteiger partial charge in [0.1, 0.15) is 17.2 Å². The Bertz CT molecular complexity index is 443. The van der Waals surface area contributed by atoms with Gasteiger partial charge >= 0.3 is 0 Å². The molecule has 6 nitrogen and oxygen atoms in total. The molecular weight excluding hydrogens is 224 g/mol. The summed E-state index contributed by atoms with van der Waals surface area (Å²) in [5.74, 6) is 0.576. The lowest BCUT2D eigenvalue weighted by Crippen LogP contribution is -2.20. The number of nitrogens with one attached hydrogen (secondary N) is 1. The first kappa shape index (κ1) is 12.8. The molecule has 92 valence electrons. The Labute approximate surface area is 98.8 Å². The smallest absolute Gasteiger partial charge is 0.273 e. The lowest BCUT2D eigenvalue weighted by molar-refractivity contribution is -0.110. The largest absolute Gasteiger partial charge is 0.497 e. The van der Waals surface area contributed by atoms with E-state index >= 15 is 0 Å². The zero-order valence-electron chi connectivity index (χ0n) is 9.85. The molecule has 0 atom stereocenters. The van der Waals surface area contributed by atoms with Crippen molar-refractivity contribution in [1.82, 2.24) is 0 Å². The highest BCUT2D eigenvalue weighted by Crippen LogP contribution is 2.28. The number of amides is 1. The second kappa shape index (κ2) is 5.74. The van der Waals surface area contributed by atoms with Crippen LogP contribution in [0.3, 0.4) is 0 Å². The fourth-order valence-electron chi connectivity index (χ4n) is 1.16. The number of anilines is 1. The van der Waals surface area contributed by atoms with E-state index in [0.29, 0.717) is 17.2 Å². The van der Waals surface area contributed by atoms with E-state index in [1.165, 1.54) is 21.1 Å². The van der Waals surface area contributed by atoms with E-state index in [0.717, 1.165) is 0 Å². The van der Waals surface area contributed by atoms with Gasteiger partial charge < -0.3 is 20.0 Å². The van der Waals surface area contributed by atoms with Gasteiger partial charge in [0, 0.05) is 6.07 Å². The molecule has 1 aromatic rings. The average Bonchev–Trinajstić information content (AvgIpc) is 2.37. The molecule has 2 N–H and O–H groups in total. The van der Waals surface area contributed by atoms with Crippen LogP contribution in [0.15, 0.2) is 23.4 Å². The monoisotopic (exact) mass is 238 g/mol. The predicted molar refractivity (Wildman–Crippen MR) is 63.1 cm³/mol. The maximum absolute atomic E-state index is 11.5. The van der Waals surface area contributed by atoms with Gasteiger partial charge in [-0.3, -0.25) is 4.79 Å². The highest BCUT2D eigenvalue weighted by atomic mass is 16.5. The summed E-state index contributed by atoms with van der Waals surface area (Å²) in [6, 6.07) is 4.96. The summed E-state index contributed by atoms with van der Waals surface area (Å²) in [6.07, 6.45) is 0. The van der Waals surface area contributed by atoms with Gasteiger partial charge in [-0.25, -0.2) is 0 Å². The average molecular weight is 238 g/mol. The van der Waals surface area contributed by atoms with Gasteiger partial charge in [-0.05, 0) is 19.1 Å². The molecule has 17 heavy (non-hydrogen) atoms. The number of nitrogens with zero attached hydrogens (tertiary/aromatic N) is 1. The van der Waals surface area contributed by atoms with Crippen LogP contribution in [-0.4, -0.2) is 31.0 Å². The normalized spacial score (nSPS) is 10.9. The van der Waals surface area contributed by atoms with Crippen molar-refractivity contribution in [3.05, 3.63) is 18.2 Å². The summed E-state index contributed by atoms with van der Waals surface area (Å²) in [5.41, 5.74) is 0.434. The Balaban J connectivity index is 2.95. The van der Waals surface area contributed by atoms with E-state index < -0.39 is 5.91 Å². The molecule has 0 saturated carbocycles. The van der Waals surface area contributed by atoms with Gasteiger partial charge in [-0.15, -0.1) is 0 Å². The van der Waals surface area contributed by atoms with E-state index in [1.54, 1.807) is 18.2 Å². The Morgan fingerprint density at radius 2 is 2.06 bits per heavy atom. The highest BCUT2D eigenvalue weighted by molar-refractivity contribution is 6.42. The van der Waals surface area contributed by atoms with Crippen molar-refractivity contribution in [2.24, 2.45) is 5.16 Å². The number of carbonyl (C=O) groups is 1. The Hall–Kier alpha value is -2.24. The standard InChI is InChI=1S/C11H14N2O4/c1-7(13-15)11(14)12-9-5-4-8(16-2)6-10(9)17-3/h4-6,15H,1-3H3,(H,12,14). The molecule has 0 unspecified atom stereocenters. The van der Waals surface area contributed by atoms with Crippen LogP contribution in [0.5, 0.6) is 11.5 Å².